The number of hydrogen-bond donors (Lipinski definition) is 0. The second kappa shape index (κ2) is 5.55. The molecule has 1 unspecified atom stereocenters. The zero-order valence-corrected chi connectivity index (χ0v) is 11.6. The van der Waals surface area contributed by atoms with Gasteiger partial charge in [0.05, 0.1) is 0 Å². The first kappa shape index (κ1) is 12.6. The van der Waals surface area contributed by atoms with Crippen LogP contribution in [-0.4, -0.2) is 13.1 Å². The van der Waals surface area contributed by atoms with Gasteiger partial charge in [0.1, 0.15) is 0 Å². The molecule has 0 aliphatic rings. The van der Waals surface area contributed by atoms with Gasteiger partial charge in [-0.15, -0.1) is 0 Å². The van der Waals surface area contributed by atoms with E-state index >= 15 is 0 Å². The quantitative estimate of drug-likeness (QED) is 0.744. The first-order chi connectivity index (χ1) is 7.10. The van der Waals surface area contributed by atoms with E-state index in [2.05, 4.69) is 66.8 Å². The predicted molar refractivity (Wildman–Crippen MR) is 72.0 cm³/mol. The van der Waals surface area contributed by atoms with Gasteiger partial charge in [-0.2, -0.15) is 0 Å². The van der Waals surface area contributed by atoms with Crippen molar-refractivity contribution in [3.63, 3.8) is 0 Å². The fourth-order valence-electron chi connectivity index (χ4n) is 1.68. The number of anilines is 1. The third-order valence-corrected chi connectivity index (χ3v) is 3.62. The lowest BCUT2D eigenvalue weighted by Gasteiger charge is -2.28. The van der Waals surface area contributed by atoms with E-state index in [1.165, 1.54) is 23.2 Å². The lowest BCUT2D eigenvalue weighted by atomic mass is 10.1. The van der Waals surface area contributed by atoms with Crippen molar-refractivity contribution in [2.45, 2.75) is 38.6 Å². The minimum absolute atomic E-state index is 0.588. The molecule has 1 aromatic carbocycles. The summed E-state index contributed by atoms with van der Waals surface area (Å²) >= 11 is 3.56. The topological polar surface area (TPSA) is 3.24 Å². The molecule has 15 heavy (non-hydrogen) atoms. The van der Waals surface area contributed by atoms with Gasteiger partial charge in [0.2, 0.25) is 0 Å². The Bertz CT molecular complexity index is 322. The molecular formula is C13H20BrN. The summed E-state index contributed by atoms with van der Waals surface area (Å²) in [6.45, 7) is 6.63. The summed E-state index contributed by atoms with van der Waals surface area (Å²) in [5.74, 6) is 0. The van der Waals surface area contributed by atoms with Gasteiger partial charge in [0.25, 0.3) is 0 Å². The number of benzene rings is 1. The molecule has 1 aromatic rings. The smallest absolute Gasteiger partial charge is 0.0407 e. The summed E-state index contributed by atoms with van der Waals surface area (Å²) in [6, 6.07) is 7.24. The molecule has 0 fully saturated rings. The minimum atomic E-state index is 0.588. The van der Waals surface area contributed by atoms with Crippen LogP contribution in [0.4, 0.5) is 5.69 Å². The Hall–Kier alpha value is -0.500. The summed E-state index contributed by atoms with van der Waals surface area (Å²) in [4.78, 5) is 2.36. The highest BCUT2D eigenvalue weighted by molar-refractivity contribution is 9.08. The highest BCUT2D eigenvalue weighted by Gasteiger charge is 2.11. The first-order valence-electron chi connectivity index (χ1n) is 5.48. The molecule has 0 heterocycles. The fourth-order valence-corrected chi connectivity index (χ4v) is 2.13. The number of hydrogen-bond acceptors (Lipinski definition) is 1. The molecule has 0 saturated heterocycles. The lowest BCUT2D eigenvalue weighted by Crippen LogP contribution is -2.28. The molecule has 1 atom stereocenters. The van der Waals surface area contributed by atoms with Crippen molar-refractivity contribution < 1.29 is 0 Å². The van der Waals surface area contributed by atoms with E-state index in [0.29, 0.717) is 6.04 Å². The molecule has 0 spiro atoms. The van der Waals surface area contributed by atoms with Crippen LogP contribution < -0.4 is 4.90 Å². The number of nitrogens with zero attached hydrogens (tertiary/aromatic N) is 1. The molecule has 0 aliphatic heterocycles. The maximum Gasteiger partial charge on any atom is 0.0407 e. The van der Waals surface area contributed by atoms with Gasteiger partial charge in [0, 0.05) is 24.1 Å². The van der Waals surface area contributed by atoms with E-state index in [1.807, 2.05) is 0 Å². The molecule has 1 rings (SSSR count). The molecule has 0 aliphatic carbocycles. The van der Waals surface area contributed by atoms with Crippen LogP contribution in [-0.2, 0) is 5.33 Å². The lowest BCUT2D eigenvalue weighted by molar-refractivity contribution is 0.662. The summed E-state index contributed by atoms with van der Waals surface area (Å²) in [7, 11) is 2.17. The Morgan fingerprint density at radius 3 is 2.60 bits per heavy atom. The van der Waals surface area contributed by atoms with Gasteiger partial charge in [-0.05, 0) is 31.9 Å². The second-order valence-electron chi connectivity index (χ2n) is 4.13. The van der Waals surface area contributed by atoms with E-state index in [4.69, 9.17) is 0 Å². The van der Waals surface area contributed by atoms with Crippen molar-refractivity contribution >= 4 is 21.6 Å². The van der Waals surface area contributed by atoms with Crippen LogP contribution in [0.3, 0.4) is 0 Å². The highest BCUT2D eigenvalue weighted by atomic mass is 79.9. The maximum atomic E-state index is 3.56. The Morgan fingerprint density at radius 1 is 1.40 bits per heavy atom. The Morgan fingerprint density at radius 2 is 2.07 bits per heavy atom. The zero-order chi connectivity index (χ0) is 11.4. The molecular weight excluding hydrogens is 250 g/mol. The van der Waals surface area contributed by atoms with E-state index in [1.54, 1.807) is 0 Å². The molecule has 2 heteroatoms. The number of alkyl halides is 1. The summed E-state index contributed by atoms with van der Waals surface area (Å²) < 4.78 is 0. The molecule has 0 N–H and O–H groups in total. The monoisotopic (exact) mass is 269 g/mol. The third kappa shape index (κ3) is 2.97. The van der Waals surface area contributed by atoms with Crippen LogP contribution in [0, 0.1) is 6.92 Å². The van der Waals surface area contributed by atoms with Crippen molar-refractivity contribution in [2.75, 3.05) is 11.9 Å². The van der Waals surface area contributed by atoms with Gasteiger partial charge in [-0.25, -0.2) is 0 Å². The summed E-state index contributed by atoms with van der Waals surface area (Å²) in [5, 5.41) is 0.921. The normalized spacial score (nSPS) is 12.6. The van der Waals surface area contributed by atoms with Crippen LogP contribution in [0.25, 0.3) is 0 Å². The Balaban J connectivity index is 3.02. The fraction of sp³-hybridized carbons (Fsp3) is 0.538. The second-order valence-corrected chi connectivity index (χ2v) is 4.69. The van der Waals surface area contributed by atoms with Gasteiger partial charge in [-0.3, -0.25) is 0 Å². The minimum Gasteiger partial charge on any atom is -0.372 e. The van der Waals surface area contributed by atoms with Crippen molar-refractivity contribution in [2.24, 2.45) is 0 Å². The van der Waals surface area contributed by atoms with Crippen molar-refractivity contribution in [3.8, 4) is 0 Å². The first-order valence-corrected chi connectivity index (χ1v) is 6.60. The van der Waals surface area contributed by atoms with Crippen LogP contribution in [0.15, 0.2) is 18.2 Å². The molecule has 0 saturated carbocycles. The average Bonchev–Trinajstić information content (AvgIpc) is 2.26. The van der Waals surface area contributed by atoms with Gasteiger partial charge >= 0.3 is 0 Å². The molecule has 0 aromatic heterocycles. The summed E-state index contributed by atoms with van der Waals surface area (Å²) in [5.41, 5.74) is 4.04. The summed E-state index contributed by atoms with van der Waals surface area (Å²) in [6.07, 6.45) is 1.17. The van der Waals surface area contributed by atoms with E-state index in [-0.39, 0.29) is 0 Å². The number of aryl methyl sites for hydroxylation is 1. The van der Waals surface area contributed by atoms with Crippen LogP contribution in [0.5, 0.6) is 0 Å². The largest absolute Gasteiger partial charge is 0.372 e. The van der Waals surface area contributed by atoms with E-state index < -0.39 is 0 Å². The number of rotatable bonds is 4. The van der Waals surface area contributed by atoms with Crippen LogP contribution in [0.1, 0.15) is 31.4 Å². The Kier molecular flexibility index (Phi) is 4.65. The van der Waals surface area contributed by atoms with E-state index in [0.717, 1.165) is 5.33 Å². The molecule has 0 bridgehead atoms. The highest BCUT2D eigenvalue weighted by Crippen LogP contribution is 2.25. The third-order valence-electron chi connectivity index (χ3n) is 3.01. The van der Waals surface area contributed by atoms with Gasteiger partial charge < -0.3 is 4.90 Å². The standard InChI is InChI=1S/C13H20BrN/c1-5-11(3)15(4)13-7-6-10(2)8-12(13)9-14/h6-8,11H,5,9H2,1-4H3. The molecule has 84 valence electrons. The van der Waals surface area contributed by atoms with Crippen LogP contribution >= 0.6 is 15.9 Å². The molecule has 1 nitrogen and oxygen atoms in total. The molecule has 0 amide bonds. The Labute approximate surface area is 102 Å². The van der Waals surface area contributed by atoms with Gasteiger partial charge in [-0.1, -0.05) is 40.5 Å². The van der Waals surface area contributed by atoms with Crippen molar-refractivity contribution in [1.29, 1.82) is 0 Å². The van der Waals surface area contributed by atoms with Crippen LogP contribution in [0.2, 0.25) is 0 Å². The average molecular weight is 270 g/mol. The number of halogens is 1. The molecule has 0 radical (unpaired) electrons. The van der Waals surface area contributed by atoms with E-state index in [9.17, 15) is 0 Å². The van der Waals surface area contributed by atoms with Crippen molar-refractivity contribution in [1.82, 2.24) is 0 Å². The maximum absolute atomic E-state index is 3.56. The van der Waals surface area contributed by atoms with Crippen molar-refractivity contribution in [3.05, 3.63) is 29.3 Å². The van der Waals surface area contributed by atoms with Gasteiger partial charge in [0.15, 0.2) is 0 Å². The SMILES string of the molecule is CCC(C)N(C)c1ccc(C)cc1CBr. The zero-order valence-electron chi connectivity index (χ0n) is 10.0. The predicted octanol–water partition coefficient (Wildman–Crippen LogP) is 4.12.